The molecule has 0 fully saturated rings. The molecule has 0 saturated carbocycles. The number of aromatic nitrogens is 1. The Balaban J connectivity index is 0.000000791. The van der Waals surface area contributed by atoms with Crippen molar-refractivity contribution in [2.75, 3.05) is 7.11 Å². The van der Waals surface area contributed by atoms with Crippen molar-refractivity contribution in [1.82, 2.24) is 4.98 Å². The van der Waals surface area contributed by atoms with Gasteiger partial charge in [0, 0.05) is 11.1 Å². The maximum Gasteiger partial charge on any atom is 0.137 e. The Hall–Kier alpha value is -1.38. The van der Waals surface area contributed by atoms with Crippen LogP contribution < -0.4 is 4.74 Å². The maximum atomic E-state index is 8.00. The van der Waals surface area contributed by atoms with Crippen LogP contribution in [0.3, 0.4) is 0 Å². The smallest absolute Gasteiger partial charge is 0.137 e. The number of carbonyl (C=O) groups is 1. The van der Waals surface area contributed by atoms with Gasteiger partial charge >= 0.3 is 0 Å². The number of carbonyl (C=O) groups excluding carboxylic acids is 1. The highest BCUT2D eigenvalue weighted by atomic mass is 16.5. The number of hydrogen-bond acceptors (Lipinski definition) is 3. The van der Waals surface area contributed by atoms with Crippen LogP contribution in [-0.4, -0.2) is 18.9 Å². The van der Waals surface area contributed by atoms with Crippen LogP contribution in [0.15, 0.2) is 18.3 Å². The molecule has 1 heterocycles. The second-order valence-electron chi connectivity index (χ2n) is 3.83. The monoisotopic (exact) mass is 195 g/mol. The van der Waals surface area contributed by atoms with Crippen molar-refractivity contribution in [1.29, 1.82) is 0 Å². The van der Waals surface area contributed by atoms with Crippen molar-refractivity contribution in [3.8, 4) is 5.75 Å². The quantitative estimate of drug-likeness (QED) is 0.689. The Morgan fingerprint density at radius 1 is 1.29 bits per heavy atom. The average molecular weight is 195 g/mol. The summed E-state index contributed by atoms with van der Waals surface area (Å²) in [5.74, 6) is 0.808. The summed E-state index contributed by atoms with van der Waals surface area (Å²) in [7, 11) is 1.65. The lowest BCUT2D eigenvalue weighted by molar-refractivity contribution is -0.0979. The Morgan fingerprint density at radius 2 is 1.86 bits per heavy atom. The summed E-state index contributed by atoms with van der Waals surface area (Å²) in [5, 5.41) is 0. The van der Waals surface area contributed by atoms with Gasteiger partial charge in [0.15, 0.2) is 0 Å². The van der Waals surface area contributed by atoms with E-state index in [0.29, 0.717) is 0 Å². The zero-order chi connectivity index (χ0) is 11.2. The van der Waals surface area contributed by atoms with E-state index in [1.54, 1.807) is 13.3 Å². The van der Waals surface area contributed by atoms with Crippen LogP contribution in [0.25, 0.3) is 0 Å². The molecule has 0 bridgehead atoms. The molecule has 0 aliphatic rings. The normalized spacial score (nSPS) is 10.0. The number of rotatable bonds is 1. The minimum atomic E-state index is 0.117. The molecular weight excluding hydrogens is 178 g/mol. The molecule has 0 unspecified atom stereocenters. The van der Waals surface area contributed by atoms with Gasteiger partial charge in [0.25, 0.3) is 0 Å². The van der Waals surface area contributed by atoms with Crippen LogP contribution in [0, 0.1) is 0 Å². The fourth-order valence-corrected chi connectivity index (χ4v) is 0.945. The third-order valence-electron chi connectivity index (χ3n) is 1.74. The number of nitrogens with zero attached hydrogens (tertiary/aromatic N) is 1. The van der Waals surface area contributed by atoms with E-state index in [2.05, 4.69) is 25.8 Å². The van der Waals surface area contributed by atoms with E-state index in [0.717, 1.165) is 11.4 Å². The highest BCUT2D eigenvalue weighted by Gasteiger charge is 2.14. The standard InChI is InChI=1S/C10H15NO.CH2O/c1-10(2,3)9-6-5-8(12-4)7-11-9;1-2/h5-7H,1-4H3;1H2. The minimum absolute atomic E-state index is 0.117. The minimum Gasteiger partial charge on any atom is -0.495 e. The topological polar surface area (TPSA) is 39.2 Å². The van der Waals surface area contributed by atoms with Crippen molar-refractivity contribution >= 4 is 6.79 Å². The second-order valence-corrected chi connectivity index (χ2v) is 3.83. The van der Waals surface area contributed by atoms with Gasteiger partial charge in [-0.2, -0.15) is 0 Å². The van der Waals surface area contributed by atoms with E-state index in [1.807, 2.05) is 18.9 Å². The molecule has 78 valence electrons. The van der Waals surface area contributed by atoms with Gasteiger partial charge in [-0.15, -0.1) is 0 Å². The molecule has 1 rings (SSSR count). The molecule has 1 aromatic heterocycles. The van der Waals surface area contributed by atoms with Crippen LogP contribution in [0.1, 0.15) is 26.5 Å². The lowest BCUT2D eigenvalue weighted by atomic mass is 9.92. The lowest BCUT2D eigenvalue weighted by Crippen LogP contribution is -2.12. The van der Waals surface area contributed by atoms with Crippen molar-refractivity contribution in [3.05, 3.63) is 24.0 Å². The SMILES string of the molecule is C=O.COc1ccc(C(C)(C)C)nc1. The van der Waals surface area contributed by atoms with E-state index in [4.69, 9.17) is 9.53 Å². The summed E-state index contributed by atoms with van der Waals surface area (Å²) in [6.07, 6.45) is 1.75. The fraction of sp³-hybridized carbons (Fsp3) is 0.455. The van der Waals surface area contributed by atoms with Gasteiger partial charge in [0.05, 0.1) is 13.3 Å². The van der Waals surface area contributed by atoms with Crippen molar-refractivity contribution in [2.45, 2.75) is 26.2 Å². The summed E-state index contributed by atoms with van der Waals surface area (Å²) < 4.78 is 5.02. The maximum absolute atomic E-state index is 8.00. The predicted octanol–water partition coefficient (Wildman–Crippen LogP) is 2.20. The molecule has 1 aromatic rings. The molecule has 0 N–H and O–H groups in total. The molecule has 3 heteroatoms. The number of ether oxygens (including phenoxy) is 1. The molecule has 0 saturated heterocycles. The van der Waals surface area contributed by atoms with Gasteiger partial charge in [-0.1, -0.05) is 20.8 Å². The van der Waals surface area contributed by atoms with E-state index in [-0.39, 0.29) is 5.41 Å². The van der Waals surface area contributed by atoms with Gasteiger partial charge < -0.3 is 9.53 Å². The summed E-state index contributed by atoms with van der Waals surface area (Å²) in [5.41, 5.74) is 1.20. The lowest BCUT2D eigenvalue weighted by Gasteiger charge is -2.17. The molecule has 0 spiro atoms. The summed E-state index contributed by atoms with van der Waals surface area (Å²) in [6, 6.07) is 3.94. The van der Waals surface area contributed by atoms with E-state index in [9.17, 15) is 0 Å². The Kier molecular flexibility index (Phi) is 4.84. The van der Waals surface area contributed by atoms with Gasteiger partial charge in [0.2, 0.25) is 0 Å². The van der Waals surface area contributed by atoms with Crippen molar-refractivity contribution < 1.29 is 9.53 Å². The van der Waals surface area contributed by atoms with Crippen molar-refractivity contribution in [3.63, 3.8) is 0 Å². The molecular formula is C11H17NO2. The van der Waals surface area contributed by atoms with Gasteiger partial charge in [-0.3, -0.25) is 4.98 Å². The van der Waals surface area contributed by atoms with Crippen LogP contribution in [-0.2, 0) is 10.2 Å². The van der Waals surface area contributed by atoms with Gasteiger partial charge in [0.1, 0.15) is 12.5 Å². The Bertz CT molecular complexity index is 262. The molecule has 14 heavy (non-hydrogen) atoms. The molecule has 0 aliphatic heterocycles. The largest absolute Gasteiger partial charge is 0.495 e. The molecule has 0 aromatic carbocycles. The third-order valence-corrected chi connectivity index (χ3v) is 1.74. The Morgan fingerprint density at radius 3 is 2.14 bits per heavy atom. The first-order valence-corrected chi connectivity index (χ1v) is 4.33. The first-order chi connectivity index (χ1) is 6.54. The summed E-state index contributed by atoms with van der Waals surface area (Å²) in [6.45, 7) is 8.42. The highest BCUT2D eigenvalue weighted by Crippen LogP contribution is 2.21. The van der Waals surface area contributed by atoms with E-state index < -0.39 is 0 Å². The first-order valence-electron chi connectivity index (χ1n) is 4.33. The van der Waals surface area contributed by atoms with Gasteiger partial charge in [-0.25, -0.2) is 0 Å². The third kappa shape index (κ3) is 3.56. The summed E-state index contributed by atoms with van der Waals surface area (Å²) >= 11 is 0. The molecule has 0 atom stereocenters. The molecule has 3 nitrogen and oxygen atoms in total. The zero-order valence-corrected chi connectivity index (χ0v) is 9.20. The van der Waals surface area contributed by atoms with Crippen LogP contribution in [0.4, 0.5) is 0 Å². The molecule has 0 aliphatic carbocycles. The van der Waals surface area contributed by atoms with Gasteiger partial charge in [-0.05, 0) is 12.1 Å². The second kappa shape index (κ2) is 5.37. The average Bonchev–Trinajstić information content (AvgIpc) is 2.20. The number of pyridine rings is 1. The van der Waals surface area contributed by atoms with Crippen molar-refractivity contribution in [2.24, 2.45) is 0 Å². The van der Waals surface area contributed by atoms with Crippen LogP contribution >= 0.6 is 0 Å². The highest BCUT2D eigenvalue weighted by molar-refractivity contribution is 5.23. The predicted molar refractivity (Wildman–Crippen MR) is 56.6 cm³/mol. The molecule has 0 amide bonds. The fourth-order valence-electron chi connectivity index (χ4n) is 0.945. The number of hydrogen-bond donors (Lipinski definition) is 0. The van der Waals surface area contributed by atoms with E-state index in [1.165, 1.54) is 0 Å². The van der Waals surface area contributed by atoms with Crippen LogP contribution in [0.2, 0.25) is 0 Å². The Labute approximate surface area is 85.1 Å². The van der Waals surface area contributed by atoms with Crippen LogP contribution in [0.5, 0.6) is 5.75 Å². The molecule has 0 radical (unpaired) electrons. The first kappa shape index (κ1) is 12.6. The summed E-state index contributed by atoms with van der Waals surface area (Å²) in [4.78, 5) is 12.3. The zero-order valence-electron chi connectivity index (χ0n) is 9.20. The number of methoxy groups -OCH3 is 1. The van der Waals surface area contributed by atoms with E-state index >= 15 is 0 Å².